The lowest BCUT2D eigenvalue weighted by molar-refractivity contribution is 0.0822. The van der Waals surface area contributed by atoms with Crippen LogP contribution in [0.1, 0.15) is 50.4 Å². The standard InChI is InChI=1S/C23H27FN2O/c1-3-27-20-10-7-17(8-11-20)15-26-16(2)5-4-6-23(26)22-14-18-13-19(24)9-12-21(18)25-22/h7-14,16,23,25H,3-6,15H2,1-2H3. The first-order chi connectivity index (χ1) is 13.1. The van der Waals surface area contributed by atoms with Crippen molar-refractivity contribution in [3.8, 4) is 5.75 Å². The molecule has 27 heavy (non-hydrogen) atoms. The van der Waals surface area contributed by atoms with Crippen molar-refractivity contribution in [1.82, 2.24) is 9.88 Å². The van der Waals surface area contributed by atoms with Crippen molar-refractivity contribution < 1.29 is 9.13 Å². The van der Waals surface area contributed by atoms with Crippen molar-refractivity contribution in [3.63, 3.8) is 0 Å². The number of nitrogens with zero attached hydrogens (tertiary/aromatic N) is 1. The molecule has 0 saturated carbocycles. The van der Waals surface area contributed by atoms with Gasteiger partial charge in [0.25, 0.3) is 0 Å². The quantitative estimate of drug-likeness (QED) is 0.616. The molecule has 0 amide bonds. The maximum absolute atomic E-state index is 13.6. The van der Waals surface area contributed by atoms with Crippen LogP contribution in [-0.2, 0) is 6.54 Å². The van der Waals surface area contributed by atoms with Crippen LogP contribution in [0.15, 0.2) is 48.5 Å². The third-order valence-electron chi connectivity index (χ3n) is 5.63. The number of aromatic amines is 1. The lowest BCUT2D eigenvalue weighted by atomic mass is 9.93. The minimum absolute atomic E-state index is 0.184. The summed E-state index contributed by atoms with van der Waals surface area (Å²) in [5.74, 6) is 0.735. The van der Waals surface area contributed by atoms with E-state index in [1.807, 2.05) is 25.1 Å². The monoisotopic (exact) mass is 366 g/mol. The van der Waals surface area contributed by atoms with E-state index in [0.29, 0.717) is 18.7 Å². The number of benzene rings is 2. The molecule has 2 atom stereocenters. The lowest BCUT2D eigenvalue weighted by Crippen LogP contribution is -2.39. The minimum atomic E-state index is -0.184. The number of likely N-dealkylation sites (tertiary alicyclic amines) is 1. The van der Waals surface area contributed by atoms with E-state index in [1.165, 1.54) is 30.2 Å². The highest BCUT2D eigenvalue weighted by Gasteiger charge is 2.30. The largest absolute Gasteiger partial charge is 0.494 e. The van der Waals surface area contributed by atoms with Gasteiger partial charge in [-0.1, -0.05) is 12.1 Å². The molecule has 4 rings (SSSR count). The van der Waals surface area contributed by atoms with Crippen LogP contribution in [-0.4, -0.2) is 22.5 Å². The van der Waals surface area contributed by atoms with Gasteiger partial charge in [0.05, 0.1) is 12.6 Å². The Hall–Kier alpha value is -2.33. The maximum atomic E-state index is 13.6. The second-order valence-electron chi connectivity index (χ2n) is 7.50. The molecular formula is C23H27FN2O. The molecule has 1 aliphatic rings. The van der Waals surface area contributed by atoms with E-state index in [4.69, 9.17) is 4.74 Å². The predicted molar refractivity (Wildman–Crippen MR) is 107 cm³/mol. The number of rotatable bonds is 5. The summed E-state index contributed by atoms with van der Waals surface area (Å²) < 4.78 is 19.1. The summed E-state index contributed by atoms with van der Waals surface area (Å²) in [7, 11) is 0. The fourth-order valence-electron chi connectivity index (χ4n) is 4.22. The Morgan fingerprint density at radius 1 is 1.11 bits per heavy atom. The van der Waals surface area contributed by atoms with Gasteiger partial charge in [-0.25, -0.2) is 4.39 Å². The summed E-state index contributed by atoms with van der Waals surface area (Å²) in [6, 6.07) is 16.3. The summed E-state index contributed by atoms with van der Waals surface area (Å²) in [6.07, 6.45) is 3.55. The first-order valence-electron chi connectivity index (χ1n) is 9.89. The van der Waals surface area contributed by atoms with E-state index in [2.05, 4.69) is 35.0 Å². The average molecular weight is 366 g/mol. The first-order valence-corrected chi connectivity index (χ1v) is 9.89. The van der Waals surface area contributed by atoms with Gasteiger partial charge in [-0.3, -0.25) is 4.90 Å². The zero-order valence-corrected chi connectivity index (χ0v) is 16.0. The molecule has 1 aliphatic heterocycles. The first kappa shape index (κ1) is 18.1. The number of aromatic nitrogens is 1. The molecule has 0 bridgehead atoms. The van der Waals surface area contributed by atoms with Gasteiger partial charge in [-0.15, -0.1) is 0 Å². The van der Waals surface area contributed by atoms with Gasteiger partial charge in [0, 0.05) is 29.2 Å². The van der Waals surface area contributed by atoms with Crippen LogP contribution in [0.5, 0.6) is 5.75 Å². The number of fused-ring (bicyclic) bond motifs is 1. The molecule has 0 aliphatic carbocycles. The van der Waals surface area contributed by atoms with Crippen molar-refractivity contribution >= 4 is 10.9 Å². The summed E-state index contributed by atoms with van der Waals surface area (Å²) >= 11 is 0. The summed E-state index contributed by atoms with van der Waals surface area (Å²) in [5.41, 5.74) is 3.48. The van der Waals surface area contributed by atoms with Crippen molar-refractivity contribution in [1.29, 1.82) is 0 Å². The number of nitrogens with one attached hydrogen (secondary N) is 1. The fraction of sp³-hybridized carbons (Fsp3) is 0.391. The highest BCUT2D eigenvalue weighted by Crippen LogP contribution is 2.36. The molecule has 0 radical (unpaired) electrons. The van der Waals surface area contributed by atoms with E-state index in [0.717, 1.165) is 29.6 Å². The molecule has 3 aromatic rings. The Morgan fingerprint density at radius 2 is 1.93 bits per heavy atom. The van der Waals surface area contributed by atoms with E-state index in [9.17, 15) is 4.39 Å². The zero-order valence-electron chi connectivity index (χ0n) is 16.0. The molecule has 2 unspecified atom stereocenters. The van der Waals surface area contributed by atoms with Crippen LogP contribution in [0.2, 0.25) is 0 Å². The third kappa shape index (κ3) is 3.86. The fourth-order valence-corrected chi connectivity index (χ4v) is 4.22. The Bertz CT molecular complexity index is 902. The normalized spacial score (nSPS) is 20.9. The van der Waals surface area contributed by atoms with Crippen molar-refractivity contribution in [3.05, 3.63) is 65.6 Å². The molecule has 1 fully saturated rings. The Labute approximate surface area is 160 Å². The van der Waals surface area contributed by atoms with Crippen LogP contribution >= 0.6 is 0 Å². The van der Waals surface area contributed by atoms with Crippen LogP contribution in [0.25, 0.3) is 10.9 Å². The van der Waals surface area contributed by atoms with E-state index >= 15 is 0 Å². The van der Waals surface area contributed by atoms with Gasteiger partial charge in [0.2, 0.25) is 0 Å². The zero-order chi connectivity index (χ0) is 18.8. The Balaban J connectivity index is 1.59. The predicted octanol–water partition coefficient (Wildman–Crippen LogP) is 5.82. The number of hydrogen-bond donors (Lipinski definition) is 1. The number of hydrogen-bond acceptors (Lipinski definition) is 2. The molecule has 0 spiro atoms. The highest BCUT2D eigenvalue weighted by atomic mass is 19.1. The Kier molecular flexibility index (Phi) is 5.17. The number of piperidine rings is 1. The smallest absolute Gasteiger partial charge is 0.123 e. The van der Waals surface area contributed by atoms with Gasteiger partial charge >= 0.3 is 0 Å². The van der Waals surface area contributed by atoms with Crippen molar-refractivity contribution in [2.75, 3.05) is 6.61 Å². The molecule has 4 heteroatoms. The maximum Gasteiger partial charge on any atom is 0.123 e. The molecule has 1 saturated heterocycles. The van der Waals surface area contributed by atoms with Crippen molar-refractivity contribution in [2.45, 2.75) is 51.7 Å². The second-order valence-corrected chi connectivity index (χ2v) is 7.50. The van der Waals surface area contributed by atoms with Gasteiger partial charge in [0.15, 0.2) is 0 Å². The molecule has 1 aromatic heterocycles. The lowest BCUT2D eigenvalue weighted by Gasteiger charge is -2.40. The Morgan fingerprint density at radius 3 is 2.70 bits per heavy atom. The molecule has 1 N–H and O–H groups in total. The second kappa shape index (κ2) is 7.73. The molecule has 2 heterocycles. The molecule has 3 nitrogen and oxygen atoms in total. The molecule has 2 aromatic carbocycles. The van der Waals surface area contributed by atoms with E-state index < -0.39 is 0 Å². The van der Waals surface area contributed by atoms with Crippen LogP contribution < -0.4 is 4.74 Å². The number of ether oxygens (including phenoxy) is 1. The highest BCUT2D eigenvalue weighted by molar-refractivity contribution is 5.80. The van der Waals surface area contributed by atoms with Crippen LogP contribution in [0.4, 0.5) is 4.39 Å². The minimum Gasteiger partial charge on any atom is -0.494 e. The summed E-state index contributed by atoms with van der Waals surface area (Å²) in [6.45, 7) is 5.90. The molecular weight excluding hydrogens is 339 g/mol. The summed E-state index contributed by atoms with van der Waals surface area (Å²) in [4.78, 5) is 6.10. The topological polar surface area (TPSA) is 28.3 Å². The van der Waals surface area contributed by atoms with E-state index in [1.54, 1.807) is 6.07 Å². The van der Waals surface area contributed by atoms with Crippen molar-refractivity contribution in [2.24, 2.45) is 0 Å². The van der Waals surface area contributed by atoms with Gasteiger partial charge in [0.1, 0.15) is 11.6 Å². The van der Waals surface area contributed by atoms with Crippen LogP contribution in [0.3, 0.4) is 0 Å². The summed E-state index contributed by atoms with van der Waals surface area (Å²) in [5, 5.41) is 0.948. The molecule has 142 valence electrons. The average Bonchev–Trinajstić information content (AvgIpc) is 3.08. The third-order valence-corrected chi connectivity index (χ3v) is 5.63. The van der Waals surface area contributed by atoms with Crippen LogP contribution in [0, 0.1) is 5.82 Å². The number of halogens is 1. The van der Waals surface area contributed by atoms with Gasteiger partial charge in [-0.2, -0.15) is 0 Å². The van der Waals surface area contributed by atoms with E-state index in [-0.39, 0.29) is 5.82 Å². The van der Waals surface area contributed by atoms with Gasteiger partial charge < -0.3 is 9.72 Å². The number of H-pyrrole nitrogens is 1. The SMILES string of the molecule is CCOc1ccc(CN2C(C)CCCC2c2cc3cc(F)ccc3[nH]2)cc1. The van der Waals surface area contributed by atoms with Gasteiger partial charge in [-0.05, 0) is 75.1 Å².